The summed E-state index contributed by atoms with van der Waals surface area (Å²) < 4.78 is 5.21. The van der Waals surface area contributed by atoms with Crippen molar-refractivity contribution in [1.29, 1.82) is 0 Å². The van der Waals surface area contributed by atoms with Gasteiger partial charge < -0.3 is 19.5 Å². The van der Waals surface area contributed by atoms with Gasteiger partial charge in [0, 0.05) is 37.9 Å². The van der Waals surface area contributed by atoms with Gasteiger partial charge in [0.1, 0.15) is 5.54 Å². The summed E-state index contributed by atoms with van der Waals surface area (Å²) in [6.45, 7) is 3.74. The molecule has 3 fully saturated rings. The Balaban J connectivity index is 1.22. The van der Waals surface area contributed by atoms with Crippen molar-refractivity contribution in [3.8, 4) is 0 Å². The van der Waals surface area contributed by atoms with Crippen molar-refractivity contribution in [3.05, 3.63) is 54.5 Å². The number of likely N-dealkylation sites (tertiary alicyclic amines) is 2. The van der Waals surface area contributed by atoms with Crippen LogP contribution in [0.1, 0.15) is 23.4 Å². The van der Waals surface area contributed by atoms with Crippen molar-refractivity contribution in [2.24, 2.45) is 0 Å². The van der Waals surface area contributed by atoms with Gasteiger partial charge in [-0.3, -0.25) is 14.5 Å². The lowest BCUT2D eigenvalue weighted by atomic mass is 9.84. The Morgan fingerprint density at radius 3 is 2.50 bits per heavy atom. The molecule has 1 aromatic heterocycles. The van der Waals surface area contributed by atoms with E-state index in [-0.39, 0.29) is 11.8 Å². The normalized spacial score (nSPS) is 22.4. The molecule has 3 aliphatic rings. The number of nitrogens with zero attached hydrogens (tertiary/aromatic N) is 3. The highest BCUT2D eigenvalue weighted by atomic mass is 16.3. The van der Waals surface area contributed by atoms with Crippen molar-refractivity contribution >= 4 is 17.5 Å². The van der Waals surface area contributed by atoms with E-state index in [9.17, 15) is 9.59 Å². The van der Waals surface area contributed by atoms with Gasteiger partial charge in [-0.25, -0.2) is 0 Å². The topological polar surface area (TPSA) is 69.0 Å². The van der Waals surface area contributed by atoms with Gasteiger partial charge in [0.2, 0.25) is 5.91 Å². The zero-order chi connectivity index (χ0) is 19.1. The highest BCUT2D eigenvalue weighted by molar-refractivity contribution is 5.93. The van der Waals surface area contributed by atoms with Gasteiger partial charge in [-0.1, -0.05) is 18.2 Å². The van der Waals surface area contributed by atoms with E-state index in [4.69, 9.17) is 4.42 Å². The predicted molar refractivity (Wildman–Crippen MR) is 104 cm³/mol. The van der Waals surface area contributed by atoms with Crippen molar-refractivity contribution < 1.29 is 14.0 Å². The molecular formula is C21H24N4O3. The van der Waals surface area contributed by atoms with Crippen LogP contribution in [0.25, 0.3) is 0 Å². The maximum Gasteiger partial charge on any atom is 0.289 e. The second kappa shape index (κ2) is 6.67. The van der Waals surface area contributed by atoms with Gasteiger partial charge >= 0.3 is 0 Å². The number of piperidine rings is 1. The Kier molecular flexibility index (Phi) is 4.12. The standard InChI is InChI=1S/C21H24N4O3/c26-19(18-7-4-12-28-18)24-13-17(14-24)23-10-8-21(9-11-23)20(27)22-15-25(21)16-5-2-1-3-6-16/h1-7,12,17H,8-11,13-15H2,(H,22,27). The maximum atomic E-state index is 12.7. The fraction of sp³-hybridized carbons (Fsp3) is 0.429. The largest absolute Gasteiger partial charge is 0.459 e. The third-order valence-corrected chi connectivity index (χ3v) is 6.43. The van der Waals surface area contributed by atoms with Gasteiger partial charge in [-0.2, -0.15) is 0 Å². The molecule has 1 N–H and O–H groups in total. The highest BCUT2D eigenvalue weighted by Crippen LogP contribution is 2.37. The number of hydrogen-bond acceptors (Lipinski definition) is 5. The van der Waals surface area contributed by atoms with Crippen LogP contribution in [-0.2, 0) is 4.79 Å². The number of amides is 2. The molecule has 0 atom stereocenters. The number of anilines is 1. The number of para-hydroxylation sites is 1. The highest BCUT2D eigenvalue weighted by Gasteiger charge is 2.51. The van der Waals surface area contributed by atoms with Gasteiger partial charge in [-0.05, 0) is 37.1 Å². The Bertz CT molecular complexity index is 853. The van der Waals surface area contributed by atoms with Crippen molar-refractivity contribution in [2.45, 2.75) is 24.4 Å². The molecule has 7 heteroatoms. The lowest BCUT2D eigenvalue weighted by Crippen LogP contribution is -2.65. The Morgan fingerprint density at radius 1 is 1.07 bits per heavy atom. The number of carbonyl (C=O) groups excluding carboxylic acids is 2. The number of furan rings is 1. The van der Waals surface area contributed by atoms with Crippen LogP contribution in [0.4, 0.5) is 5.69 Å². The molecule has 0 unspecified atom stereocenters. The third kappa shape index (κ3) is 2.69. The molecule has 146 valence electrons. The first-order valence-electron chi connectivity index (χ1n) is 9.85. The third-order valence-electron chi connectivity index (χ3n) is 6.43. The second-order valence-corrected chi connectivity index (χ2v) is 7.84. The zero-order valence-corrected chi connectivity index (χ0v) is 15.7. The van der Waals surface area contributed by atoms with E-state index in [0.717, 1.165) is 44.7 Å². The molecule has 0 aliphatic carbocycles. The molecule has 2 amide bonds. The molecule has 0 bridgehead atoms. The van der Waals surface area contributed by atoms with E-state index in [1.807, 2.05) is 23.1 Å². The average Bonchev–Trinajstić information content (AvgIpc) is 3.33. The smallest absolute Gasteiger partial charge is 0.289 e. The van der Waals surface area contributed by atoms with E-state index >= 15 is 0 Å². The summed E-state index contributed by atoms with van der Waals surface area (Å²) in [5.74, 6) is 0.497. The summed E-state index contributed by atoms with van der Waals surface area (Å²) in [6, 6.07) is 14.0. The summed E-state index contributed by atoms with van der Waals surface area (Å²) in [7, 11) is 0. The summed E-state index contributed by atoms with van der Waals surface area (Å²) in [4.78, 5) is 31.5. The number of benzene rings is 1. The average molecular weight is 380 g/mol. The van der Waals surface area contributed by atoms with E-state index in [2.05, 4.69) is 27.2 Å². The Morgan fingerprint density at radius 2 is 1.82 bits per heavy atom. The number of rotatable bonds is 3. The molecule has 4 heterocycles. The van der Waals surface area contributed by atoms with E-state index in [1.165, 1.54) is 6.26 Å². The molecule has 28 heavy (non-hydrogen) atoms. The molecule has 0 radical (unpaired) electrons. The van der Waals surface area contributed by atoms with Crippen LogP contribution in [-0.4, -0.2) is 66.0 Å². The first-order valence-corrected chi connectivity index (χ1v) is 9.85. The summed E-state index contributed by atoms with van der Waals surface area (Å²) in [6.07, 6.45) is 3.13. The van der Waals surface area contributed by atoms with Crippen LogP contribution in [0.3, 0.4) is 0 Å². The van der Waals surface area contributed by atoms with Gasteiger partial charge in [-0.15, -0.1) is 0 Å². The minimum atomic E-state index is -0.453. The molecule has 7 nitrogen and oxygen atoms in total. The summed E-state index contributed by atoms with van der Waals surface area (Å²) >= 11 is 0. The lowest BCUT2D eigenvalue weighted by Gasteiger charge is -2.50. The molecule has 0 saturated carbocycles. The molecule has 1 spiro atoms. The zero-order valence-electron chi connectivity index (χ0n) is 15.7. The van der Waals surface area contributed by atoms with Crippen LogP contribution in [0.2, 0.25) is 0 Å². The number of carbonyl (C=O) groups is 2. The number of nitrogens with one attached hydrogen (secondary N) is 1. The number of hydrogen-bond donors (Lipinski definition) is 1. The first kappa shape index (κ1) is 17.3. The minimum Gasteiger partial charge on any atom is -0.459 e. The quantitative estimate of drug-likeness (QED) is 0.875. The molecule has 5 rings (SSSR count). The van der Waals surface area contributed by atoms with Gasteiger partial charge in [0.25, 0.3) is 5.91 Å². The van der Waals surface area contributed by atoms with E-state index in [0.29, 0.717) is 18.5 Å². The monoisotopic (exact) mass is 380 g/mol. The molecule has 1 aromatic carbocycles. The van der Waals surface area contributed by atoms with Gasteiger partial charge in [0.05, 0.1) is 12.9 Å². The molecule has 3 saturated heterocycles. The summed E-state index contributed by atoms with van der Waals surface area (Å²) in [5, 5.41) is 3.04. The first-order chi connectivity index (χ1) is 13.7. The van der Waals surface area contributed by atoms with Crippen LogP contribution in [0, 0.1) is 0 Å². The fourth-order valence-electron chi connectivity index (χ4n) is 4.70. The maximum absolute atomic E-state index is 12.7. The Hall–Kier alpha value is -2.80. The molecular weight excluding hydrogens is 356 g/mol. The van der Waals surface area contributed by atoms with Crippen molar-refractivity contribution in [3.63, 3.8) is 0 Å². The van der Waals surface area contributed by atoms with Gasteiger partial charge in [0.15, 0.2) is 5.76 Å². The van der Waals surface area contributed by atoms with Crippen molar-refractivity contribution in [2.75, 3.05) is 37.7 Å². The van der Waals surface area contributed by atoms with Crippen LogP contribution >= 0.6 is 0 Å². The van der Waals surface area contributed by atoms with Crippen LogP contribution < -0.4 is 10.2 Å². The van der Waals surface area contributed by atoms with E-state index in [1.54, 1.807) is 12.1 Å². The molecule has 2 aromatic rings. The van der Waals surface area contributed by atoms with Crippen LogP contribution in [0.15, 0.2) is 53.1 Å². The lowest BCUT2D eigenvalue weighted by molar-refractivity contribution is -0.125. The van der Waals surface area contributed by atoms with Crippen molar-refractivity contribution in [1.82, 2.24) is 15.1 Å². The van der Waals surface area contributed by atoms with Crippen LogP contribution in [0.5, 0.6) is 0 Å². The Labute approximate surface area is 163 Å². The fourth-order valence-corrected chi connectivity index (χ4v) is 4.70. The summed E-state index contributed by atoms with van der Waals surface area (Å²) in [5.41, 5.74) is 0.638. The SMILES string of the molecule is O=C(c1ccco1)N1CC(N2CCC3(CC2)C(=O)NCN3c2ccccc2)C1. The predicted octanol–water partition coefficient (Wildman–Crippen LogP) is 1.53. The van der Waals surface area contributed by atoms with E-state index < -0.39 is 5.54 Å². The molecule has 3 aliphatic heterocycles. The minimum absolute atomic E-state index is 0.0415. The second-order valence-electron chi connectivity index (χ2n) is 7.84.